The summed E-state index contributed by atoms with van der Waals surface area (Å²) in [6.07, 6.45) is 0. The molecule has 0 aliphatic carbocycles. The van der Waals surface area contributed by atoms with Crippen LogP contribution in [0.3, 0.4) is 0 Å². The first-order chi connectivity index (χ1) is 5.49. The van der Waals surface area contributed by atoms with Crippen LogP contribution >= 0.6 is 12.2 Å². The minimum absolute atomic E-state index is 0.00704. The lowest BCUT2D eigenvalue weighted by Crippen LogP contribution is -2.47. The van der Waals surface area contributed by atoms with Crippen molar-refractivity contribution in [2.45, 2.75) is 13.0 Å². The molecule has 5 heteroatoms. The summed E-state index contributed by atoms with van der Waals surface area (Å²) in [6.45, 7) is 1.77. The van der Waals surface area contributed by atoms with Crippen molar-refractivity contribution in [2.75, 3.05) is 21.1 Å². The van der Waals surface area contributed by atoms with Crippen molar-refractivity contribution in [3.05, 3.63) is 0 Å². The molecule has 0 aromatic heterocycles. The standard InChI is InChI=1S/C7H15N3OS/c1-5(6(11)10(3)4)9-7(12)8-2/h5H,1-4H3,(H2,8,9,12). The van der Waals surface area contributed by atoms with Gasteiger partial charge in [0.15, 0.2) is 5.11 Å². The van der Waals surface area contributed by atoms with Crippen LogP contribution in [0.15, 0.2) is 0 Å². The molecule has 0 aromatic rings. The average molecular weight is 189 g/mol. The zero-order valence-corrected chi connectivity index (χ0v) is 8.66. The highest BCUT2D eigenvalue weighted by Crippen LogP contribution is 1.87. The molecule has 1 amide bonds. The molecule has 0 aliphatic heterocycles. The molecule has 0 heterocycles. The van der Waals surface area contributed by atoms with Gasteiger partial charge >= 0.3 is 0 Å². The summed E-state index contributed by atoms with van der Waals surface area (Å²) in [7, 11) is 5.13. The molecule has 0 radical (unpaired) electrons. The quantitative estimate of drug-likeness (QED) is 0.578. The van der Waals surface area contributed by atoms with Gasteiger partial charge in [-0.15, -0.1) is 0 Å². The Morgan fingerprint density at radius 1 is 1.50 bits per heavy atom. The van der Waals surface area contributed by atoms with Crippen molar-refractivity contribution < 1.29 is 4.79 Å². The number of nitrogens with zero attached hydrogens (tertiary/aromatic N) is 1. The van der Waals surface area contributed by atoms with E-state index in [1.807, 2.05) is 0 Å². The molecule has 0 rings (SSSR count). The van der Waals surface area contributed by atoms with Crippen molar-refractivity contribution in [2.24, 2.45) is 0 Å². The minimum atomic E-state index is -0.278. The minimum Gasteiger partial charge on any atom is -0.366 e. The molecule has 0 saturated heterocycles. The van der Waals surface area contributed by atoms with Gasteiger partial charge in [0.2, 0.25) is 5.91 Å². The molecule has 0 aromatic carbocycles. The van der Waals surface area contributed by atoms with E-state index in [4.69, 9.17) is 12.2 Å². The third-order valence-corrected chi connectivity index (χ3v) is 1.71. The second-order valence-electron chi connectivity index (χ2n) is 2.68. The number of thiocarbonyl (C=S) groups is 1. The lowest BCUT2D eigenvalue weighted by Gasteiger charge is -2.18. The fourth-order valence-corrected chi connectivity index (χ4v) is 0.895. The number of likely N-dealkylation sites (N-methyl/N-ethyl adjacent to an activating group) is 1. The predicted molar refractivity (Wildman–Crippen MR) is 52.9 cm³/mol. The highest BCUT2D eigenvalue weighted by molar-refractivity contribution is 7.80. The fourth-order valence-electron chi connectivity index (χ4n) is 0.718. The summed E-state index contributed by atoms with van der Waals surface area (Å²) in [6, 6.07) is -0.278. The van der Waals surface area contributed by atoms with Gasteiger partial charge in [0, 0.05) is 21.1 Å². The van der Waals surface area contributed by atoms with Crippen LogP contribution in [0.1, 0.15) is 6.92 Å². The van der Waals surface area contributed by atoms with E-state index in [2.05, 4.69) is 10.6 Å². The molecule has 0 fully saturated rings. The summed E-state index contributed by atoms with van der Waals surface area (Å²) >= 11 is 4.84. The Kier molecular flexibility index (Phi) is 4.58. The Morgan fingerprint density at radius 3 is 2.33 bits per heavy atom. The average Bonchev–Trinajstić information content (AvgIpc) is 2.02. The Bertz CT molecular complexity index is 181. The van der Waals surface area contributed by atoms with Crippen molar-refractivity contribution >= 4 is 23.2 Å². The summed E-state index contributed by atoms with van der Waals surface area (Å²) < 4.78 is 0. The van der Waals surface area contributed by atoms with E-state index in [1.165, 1.54) is 4.90 Å². The van der Waals surface area contributed by atoms with E-state index in [0.717, 1.165) is 0 Å². The molecular weight excluding hydrogens is 174 g/mol. The molecule has 1 atom stereocenters. The summed E-state index contributed by atoms with van der Waals surface area (Å²) in [4.78, 5) is 12.8. The molecule has 0 spiro atoms. The van der Waals surface area contributed by atoms with E-state index in [1.54, 1.807) is 28.1 Å². The maximum Gasteiger partial charge on any atom is 0.244 e. The number of hydrogen-bond acceptors (Lipinski definition) is 2. The highest BCUT2D eigenvalue weighted by Gasteiger charge is 2.14. The number of carbonyl (C=O) groups is 1. The van der Waals surface area contributed by atoms with Gasteiger partial charge in [-0.05, 0) is 19.1 Å². The molecule has 1 unspecified atom stereocenters. The Hall–Kier alpha value is -0.840. The third kappa shape index (κ3) is 3.52. The fraction of sp³-hybridized carbons (Fsp3) is 0.714. The van der Waals surface area contributed by atoms with Gasteiger partial charge in [-0.2, -0.15) is 0 Å². The lowest BCUT2D eigenvalue weighted by molar-refractivity contribution is -0.130. The molecule has 0 saturated carbocycles. The Morgan fingerprint density at radius 2 is 2.00 bits per heavy atom. The topological polar surface area (TPSA) is 44.4 Å². The SMILES string of the molecule is CNC(=S)NC(C)C(=O)N(C)C. The first-order valence-electron chi connectivity index (χ1n) is 3.68. The van der Waals surface area contributed by atoms with Crippen LogP contribution in [0.4, 0.5) is 0 Å². The van der Waals surface area contributed by atoms with Gasteiger partial charge < -0.3 is 15.5 Å². The molecular formula is C7H15N3OS. The Balaban J connectivity index is 3.95. The van der Waals surface area contributed by atoms with Crippen LogP contribution in [0.2, 0.25) is 0 Å². The number of carbonyl (C=O) groups excluding carboxylic acids is 1. The van der Waals surface area contributed by atoms with E-state index in [-0.39, 0.29) is 11.9 Å². The number of amides is 1. The van der Waals surface area contributed by atoms with Gasteiger partial charge in [-0.25, -0.2) is 0 Å². The van der Waals surface area contributed by atoms with E-state index < -0.39 is 0 Å². The van der Waals surface area contributed by atoms with Crippen molar-refractivity contribution in [3.63, 3.8) is 0 Å². The molecule has 2 N–H and O–H groups in total. The zero-order valence-electron chi connectivity index (χ0n) is 7.84. The van der Waals surface area contributed by atoms with Crippen LogP contribution < -0.4 is 10.6 Å². The smallest absolute Gasteiger partial charge is 0.244 e. The first-order valence-corrected chi connectivity index (χ1v) is 4.09. The van der Waals surface area contributed by atoms with Gasteiger partial charge in [0.1, 0.15) is 6.04 Å². The third-order valence-electron chi connectivity index (χ3n) is 1.39. The van der Waals surface area contributed by atoms with Crippen molar-refractivity contribution in [1.29, 1.82) is 0 Å². The van der Waals surface area contributed by atoms with Gasteiger partial charge in [-0.3, -0.25) is 4.79 Å². The van der Waals surface area contributed by atoms with Crippen LogP contribution in [0, 0.1) is 0 Å². The van der Waals surface area contributed by atoms with Crippen LogP contribution in [0.25, 0.3) is 0 Å². The van der Waals surface area contributed by atoms with Gasteiger partial charge in [0.25, 0.3) is 0 Å². The molecule has 12 heavy (non-hydrogen) atoms. The normalized spacial score (nSPS) is 11.7. The first kappa shape index (κ1) is 11.2. The molecule has 0 aliphatic rings. The number of rotatable bonds is 2. The van der Waals surface area contributed by atoms with Crippen molar-refractivity contribution in [3.8, 4) is 0 Å². The Labute approximate surface area is 78.3 Å². The predicted octanol–water partition coefficient (Wildman–Crippen LogP) is -0.443. The summed E-state index contributed by atoms with van der Waals surface area (Å²) in [5.41, 5.74) is 0. The highest BCUT2D eigenvalue weighted by atomic mass is 32.1. The zero-order chi connectivity index (χ0) is 9.72. The second kappa shape index (κ2) is 4.92. The summed E-state index contributed by atoms with van der Waals surface area (Å²) in [5, 5.41) is 6.06. The number of nitrogens with one attached hydrogen (secondary N) is 2. The van der Waals surface area contributed by atoms with E-state index in [9.17, 15) is 4.79 Å². The second-order valence-corrected chi connectivity index (χ2v) is 3.09. The maximum atomic E-state index is 11.3. The number of hydrogen-bond donors (Lipinski definition) is 2. The van der Waals surface area contributed by atoms with Crippen LogP contribution in [-0.2, 0) is 4.79 Å². The maximum absolute atomic E-state index is 11.3. The van der Waals surface area contributed by atoms with Crippen LogP contribution in [0.5, 0.6) is 0 Å². The molecule has 0 bridgehead atoms. The van der Waals surface area contributed by atoms with E-state index >= 15 is 0 Å². The largest absolute Gasteiger partial charge is 0.366 e. The summed E-state index contributed by atoms with van der Waals surface area (Å²) in [5.74, 6) is 0.00704. The molecule has 70 valence electrons. The van der Waals surface area contributed by atoms with Crippen molar-refractivity contribution in [1.82, 2.24) is 15.5 Å². The monoisotopic (exact) mass is 189 g/mol. The lowest BCUT2D eigenvalue weighted by atomic mass is 10.3. The van der Waals surface area contributed by atoms with Gasteiger partial charge in [-0.1, -0.05) is 0 Å². The van der Waals surface area contributed by atoms with Crippen LogP contribution in [-0.4, -0.2) is 43.1 Å². The van der Waals surface area contributed by atoms with E-state index in [0.29, 0.717) is 5.11 Å². The molecule has 4 nitrogen and oxygen atoms in total. The van der Waals surface area contributed by atoms with Gasteiger partial charge in [0.05, 0.1) is 0 Å².